The number of esters is 1. The minimum Gasteiger partial charge on any atom is -0.494 e. The van der Waals surface area contributed by atoms with Crippen LogP contribution in [0.25, 0.3) is 0 Å². The highest BCUT2D eigenvalue weighted by Gasteiger charge is 2.11. The molecule has 1 N–H and O–H groups in total. The van der Waals surface area contributed by atoms with Gasteiger partial charge < -0.3 is 14.8 Å². The van der Waals surface area contributed by atoms with Crippen molar-refractivity contribution in [2.45, 2.75) is 142 Å². The molecule has 0 bridgehead atoms. The van der Waals surface area contributed by atoms with Gasteiger partial charge in [-0.15, -0.1) is 0 Å². The normalized spacial score (nSPS) is 10.9. The summed E-state index contributed by atoms with van der Waals surface area (Å²) in [6.07, 6.45) is 25.9. The van der Waals surface area contributed by atoms with Gasteiger partial charge in [0, 0.05) is 12.2 Å². The smallest absolute Gasteiger partial charge is 0.343 e. The van der Waals surface area contributed by atoms with E-state index in [0.717, 1.165) is 31.5 Å². The predicted octanol–water partition coefficient (Wildman–Crippen LogP) is 10.9. The number of anilines is 1. The lowest BCUT2D eigenvalue weighted by molar-refractivity contribution is 0.0733. The summed E-state index contributed by atoms with van der Waals surface area (Å²) in [5.41, 5.74) is 1.04. The van der Waals surface area contributed by atoms with Crippen molar-refractivity contribution in [2.75, 3.05) is 18.5 Å². The quantitative estimate of drug-likeness (QED) is 0.0868. The van der Waals surface area contributed by atoms with Gasteiger partial charge in [0.25, 0.3) is 0 Å². The van der Waals surface area contributed by atoms with E-state index in [1.165, 1.54) is 121 Å². The van der Waals surface area contributed by atoms with Crippen LogP contribution in [-0.2, 0) is 0 Å². The Hall–Kier alpha value is -2.82. The molecule has 240 valence electrons. The molecule has 0 saturated carbocycles. The van der Waals surface area contributed by atoms with Crippen LogP contribution in [0.4, 0.5) is 5.69 Å². The standard InChI is InChI=1S/C38H59NO4/c1-3-5-7-9-11-13-15-17-19-21-31-39-34-25-23-33(24-26-34)38(41)43-37-30-28-35(27-29-36(37)40)42-32-22-20-18-16-14-12-10-8-6-4-2/h23-30,39H,3-22,31-32H2,1-2H3. The lowest BCUT2D eigenvalue weighted by Gasteiger charge is -2.08. The molecule has 0 aliphatic rings. The first kappa shape index (κ1) is 36.4. The summed E-state index contributed by atoms with van der Waals surface area (Å²) in [5, 5.41) is 3.43. The number of unbranched alkanes of at least 4 members (excludes halogenated alkanes) is 18. The van der Waals surface area contributed by atoms with Gasteiger partial charge in [0.05, 0.1) is 12.2 Å². The summed E-state index contributed by atoms with van der Waals surface area (Å²) in [6.45, 7) is 6.05. The predicted molar refractivity (Wildman–Crippen MR) is 182 cm³/mol. The molecule has 2 aromatic rings. The molecule has 0 atom stereocenters. The molecule has 0 heterocycles. The molecule has 0 spiro atoms. The fraction of sp³-hybridized carbons (Fsp3) is 0.632. The van der Waals surface area contributed by atoms with E-state index in [-0.39, 0.29) is 11.2 Å². The first-order valence-electron chi connectivity index (χ1n) is 17.5. The van der Waals surface area contributed by atoms with Crippen molar-refractivity contribution in [1.82, 2.24) is 0 Å². The molecule has 5 nitrogen and oxygen atoms in total. The number of benzene rings is 1. The third kappa shape index (κ3) is 17.8. The van der Waals surface area contributed by atoms with Crippen LogP contribution in [0, 0.1) is 0 Å². The van der Waals surface area contributed by atoms with E-state index in [2.05, 4.69) is 19.2 Å². The fourth-order valence-corrected chi connectivity index (χ4v) is 5.22. The van der Waals surface area contributed by atoms with Gasteiger partial charge in [-0.2, -0.15) is 0 Å². The Bertz CT molecular complexity index is 1040. The molecule has 0 aromatic heterocycles. The molecule has 0 aliphatic carbocycles. The zero-order valence-corrected chi connectivity index (χ0v) is 27.3. The van der Waals surface area contributed by atoms with Crippen molar-refractivity contribution in [2.24, 2.45) is 0 Å². The number of hydrogen-bond acceptors (Lipinski definition) is 5. The largest absolute Gasteiger partial charge is 0.494 e. The molecule has 0 radical (unpaired) electrons. The van der Waals surface area contributed by atoms with Crippen molar-refractivity contribution >= 4 is 11.7 Å². The van der Waals surface area contributed by atoms with Crippen molar-refractivity contribution in [1.29, 1.82) is 0 Å². The summed E-state index contributed by atoms with van der Waals surface area (Å²) in [6, 6.07) is 13.5. The van der Waals surface area contributed by atoms with Crippen molar-refractivity contribution in [3.05, 3.63) is 64.3 Å². The van der Waals surface area contributed by atoms with Crippen LogP contribution in [0.3, 0.4) is 0 Å². The number of nitrogens with one attached hydrogen (secondary N) is 1. The first-order valence-corrected chi connectivity index (χ1v) is 17.5. The second-order valence-corrected chi connectivity index (χ2v) is 11.9. The summed E-state index contributed by atoms with van der Waals surface area (Å²) in [4.78, 5) is 25.2. The van der Waals surface area contributed by atoms with Crippen LogP contribution >= 0.6 is 0 Å². The Kier molecular flexibility index (Phi) is 20.8. The average molecular weight is 594 g/mol. The average Bonchev–Trinajstić information content (AvgIpc) is 3.19. The minimum atomic E-state index is -0.544. The van der Waals surface area contributed by atoms with Gasteiger partial charge in [-0.25, -0.2) is 4.79 Å². The molecule has 0 fully saturated rings. The van der Waals surface area contributed by atoms with Gasteiger partial charge in [0.1, 0.15) is 5.75 Å². The summed E-state index contributed by atoms with van der Waals surface area (Å²) in [5.74, 6) is 0.0625. The number of carbonyl (C=O) groups excluding carboxylic acids is 1. The van der Waals surface area contributed by atoms with Crippen LogP contribution < -0.4 is 20.2 Å². The van der Waals surface area contributed by atoms with Crippen LogP contribution in [0.2, 0.25) is 0 Å². The Labute approximate surface area is 262 Å². The molecule has 43 heavy (non-hydrogen) atoms. The highest BCUT2D eigenvalue weighted by molar-refractivity contribution is 5.91. The molecule has 0 aliphatic heterocycles. The third-order valence-electron chi connectivity index (χ3n) is 7.99. The van der Waals surface area contributed by atoms with E-state index in [1.54, 1.807) is 24.3 Å². The number of carbonyl (C=O) groups is 1. The lowest BCUT2D eigenvalue weighted by Crippen LogP contribution is -2.13. The van der Waals surface area contributed by atoms with Gasteiger partial charge >= 0.3 is 5.97 Å². The van der Waals surface area contributed by atoms with Crippen LogP contribution in [0.15, 0.2) is 53.3 Å². The van der Waals surface area contributed by atoms with E-state index in [1.807, 2.05) is 12.1 Å². The summed E-state index contributed by atoms with van der Waals surface area (Å²) in [7, 11) is 0. The maximum atomic E-state index is 12.7. The maximum absolute atomic E-state index is 12.7. The lowest BCUT2D eigenvalue weighted by atomic mass is 10.1. The molecule has 2 aromatic carbocycles. The van der Waals surface area contributed by atoms with E-state index in [4.69, 9.17) is 9.47 Å². The molecular formula is C38H59NO4. The van der Waals surface area contributed by atoms with Gasteiger partial charge in [0.15, 0.2) is 5.75 Å². The zero-order chi connectivity index (χ0) is 30.8. The highest BCUT2D eigenvalue weighted by Crippen LogP contribution is 2.16. The molecular weight excluding hydrogens is 534 g/mol. The monoisotopic (exact) mass is 593 g/mol. The number of hydrogen-bond donors (Lipinski definition) is 1. The molecule has 0 amide bonds. The topological polar surface area (TPSA) is 64.6 Å². The Morgan fingerprint density at radius 3 is 1.63 bits per heavy atom. The van der Waals surface area contributed by atoms with Crippen LogP contribution in [0.5, 0.6) is 11.5 Å². The Balaban J connectivity index is 1.62. The van der Waals surface area contributed by atoms with E-state index in [9.17, 15) is 9.59 Å². The van der Waals surface area contributed by atoms with E-state index >= 15 is 0 Å². The van der Waals surface area contributed by atoms with E-state index in [0.29, 0.717) is 17.9 Å². The molecule has 0 unspecified atom stereocenters. The molecule has 5 heteroatoms. The van der Waals surface area contributed by atoms with Gasteiger partial charge in [0.2, 0.25) is 5.43 Å². The molecule has 2 rings (SSSR count). The van der Waals surface area contributed by atoms with Gasteiger partial charge in [-0.1, -0.05) is 129 Å². The van der Waals surface area contributed by atoms with Crippen molar-refractivity contribution in [3.63, 3.8) is 0 Å². The first-order chi connectivity index (χ1) is 21.1. The third-order valence-corrected chi connectivity index (χ3v) is 7.99. The van der Waals surface area contributed by atoms with Crippen LogP contribution in [0.1, 0.15) is 153 Å². The van der Waals surface area contributed by atoms with Crippen molar-refractivity contribution < 1.29 is 14.3 Å². The van der Waals surface area contributed by atoms with Gasteiger partial charge in [-0.05, 0) is 61.4 Å². The zero-order valence-electron chi connectivity index (χ0n) is 27.3. The summed E-state index contributed by atoms with van der Waals surface area (Å²) >= 11 is 0. The maximum Gasteiger partial charge on any atom is 0.343 e. The van der Waals surface area contributed by atoms with Gasteiger partial charge in [-0.3, -0.25) is 4.79 Å². The SMILES string of the molecule is CCCCCCCCCCCCNc1ccc(C(=O)Oc2ccc(OCCCCCCCCCCCC)ccc2=O)cc1. The second kappa shape index (κ2) is 24.6. The van der Waals surface area contributed by atoms with Crippen molar-refractivity contribution in [3.8, 4) is 11.5 Å². The minimum absolute atomic E-state index is 0.00180. The second-order valence-electron chi connectivity index (χ2n) is 11.9. The number of ether oxygens (including phenoxy) is 2. The Morgan fingerprint density at radius 1 is 0.581 bits per heavy atom. The number of rotatable bonds is 26. The van der Waals surface area contributed by atoms with E-state index < -0.39 is 5.97 Å². The highest BCUT2D eigenvalue weighted by atomic mass is 16.5. The van der Waals surface area contributed by atoms with Crippen LogP contribution in [-0.4, -0.2) is 19.1 Å². The Morgan fingerprint density at radius 2 is 1.07 bits per heavy atom. The molecule has 0 saturated heterocycles. The summed E-state index contributed by atoms with van der Waals surface area (Å²) < 4.78 is 11.3. The fourth-order valence-electron chi connectivity index (χ4n) is 5.22.